The van der Waals surface area contributed by atoms with Crippen molar-refractivity contribution in [2.45, 2.75) is 37.1 Å². The Kier molecular flexibility index (Phi) is 3.99. The maximum atomic E-state index is 4.11. The predicted molar refractivity (Wildman–Crippen MR) is 65.6 cm³/mol. The van der Waals surface area contributed by atoms with E-state index in [9.17, 15) is 0 Å². The van der Waals surface area contributed by atoms with Crippen molar-refractivity contribution in [2.75, 3.05) is 12.3 Å². The molecule has 3 nitrogen and oxygen atoms in total. The fraction of sp³-hybridized carbons (Fsp3) is 0.800. The molecule has 0 saturated heterocycles. The van der Waals surface area contributed by atoms with Crippen LogP contribution in [0.2, 0.25) is 0 Å². The number of nitrogens with one attached hydrogen (secondary N) is 1. The van der Waals surface area contributed by atoms with E-state index in [1.54, 1.807) is 11.3 Å². The Hall–Kier alpha value is -0.130. The van der Waals surface area contributed by atoms with Gasteiger partial charge in [-0.1, -0.05) is 30.0 Å². The highest BCUT2D eigenvalue weighted by molar-refractivity contribution is 8.01. The second kappa shape index (κ2) is 5.27. The zero-order chi connectivity index (χ0) is 10.7. The van der Waals surface area contributed by atoms with Gasteiger partial charge in [0, 0.05) is 11.8 Å². The molecule has 2 rings (SSSR count). The minimum absolute atomic E-state index is 0.708. The van der Waals surface area contributed by atoms with E-state index in [0.717, 1.165) is 27.7 Å². The van der Waals surface area contributed by atoms with E-state index in [0.29, 0.717) is 5.92 Å². The van der Waals surface area contributed by atoms with Crippen LogP contribution in [-0.4, -0.2) is 28.5 Å². The highest BCUT2D eigenvalue weighted by Crippen LogP contribution is 2.24. The monoisotopic (exact) mass is 243 g/mol. The molecule has 1 aromatic rings. The van der Waals surface area contributed by atoms with Crippen LogP contribution >= 0.6 is 23.1 Å². The van der Waals surface area contributed by atoms with Crippen molar-refractivity contribution in [1.82, 2.24) is 15.5 Å². The average Bonchev–Trinajstić information content (AvgIpc) is 2.95. The van der Waals surface area contributed by atoms with Gasteiger partial charge in [0.15, 0.2) is 4.34 Å². The summed E-state index contributed by atoms with van der Waals surface area (Å²) in [7, 11) is 0. The van der Waals surface area contributed by atoms with Crippen molar-refractivity contribution in [3.63, 3.8) is 0 Å². The number of aryl methyl sites for hydroxylation is 1. The van der Waals surface area contributed by atoms with Gasteiger partial charge in [-0.25, -0.2) is 0 Å². The first-order valence-electron chi connectivity index (χ1n) is 5.40. The molecule has 1 N–H and O–H groups in total. The third kappa shape index (κ3) is 4.09. The quantitative estimate of drug-likeness (QED) is 0.778. The smallest absolute Gasteiger partial charge is 0.174 e. The van der Waals surface area contributed by atoms with Crippen LogP contribution in [0.1, 0.15) is 24.8 Å². The second-order valence-corrected chi connectivity index (χ2v) is 6.63. The zero-order valence-corrected chi connectivity index (χ0v) is 10.8. The molecule has 1 aliphatic carbocycles. The molecule has 0 amide bonds. The number of aromatic nitrogens is 2. The molecule has 0 aliphatic heterocycles. The van der Waals surface area contributed by atoms with Crippen LogP contribution in [0.25, 0.3) is 0 Å². The first-order valence-corrected chi connectivity index (χ1v) is 7.20. The molecule has 1 saturated carbocycles. The molecule has 84 valence electrons. The predicted octanol–water partition coefficient (Wildman–Crippen LogP) is 2.33. The van der Waals surface area contributed by atoms with E-state index in [1.165, 1.54) is 12.8 Å². The maximum Gasteiger partial charge on any atom is 0.174 e. The average molecular weight is 243 g/mol. The fourth-order valence-electron chi connectivity index (χ4n) is 1.26. The lowest BCUT2D eigenvalue weighted by molar-refractivity contribution is 0.556. The summed E-state index contributed by atoms with van der Waals surface area (Å²) in [6.07, 6.45) is 2.74. The van der Waals surface area contributed by atoms with Gasteiger partial charge in [-0.3, -0.25) is 0 Å². The molecule has 0 radical (unpaired) electrons. The van der Waals surface area contributed by atoms with E-state index >= 15 is 0 Å². The SMILES string of the molecule is Cc1nnc(SCC(C)CNC2CC2)s1. The van der Waals surface area contributed by atoms with Crippen molar-refractivity contribution in [3.05, 3.63) is 5.01 Å². The Balaban J connectivity index is 1.63. The van der Waals surface area contributed by atoms with Crippen LogP contribution in [0.4, 0.5) is 0 Å². The summed E-state index contributed by atoms with van der Waals surface area (Å²) < 4.78 is 1.10. The van der Waals surface area contributed by atoms with Crippen molar-refractivity contribution in [1.29, 1.82) is 0 Å². The van der Waals surface area contributed by atoms with Gasteiger partial charge in [0.1, 0.15) is 5.01 Å². The van der Waals surface area contributed by atoms with Crippen molar-refractivity contribution in [2.24, 2.45) is 5.92 Å². The maximum absolute atomic E-state index is 4.11. The topological polar surface area (TPSA) is 37.8 Å². The van der Waals surface area contributed by atoms with Crippen LogP contribution in [0.3, 0.4) is 0 Å². The summed E-state index contributed by atoms with van der Waals surface area (Å²) in [5.74, 6) is 1.84. The van der Waals surface area contributed by atoms with Crippen molar-refractivity contribution in [3.8, 4) is 0 Å². The lowest BCUT2D eigenvalue weighted by Gasteiger charge is -2.10. The number of rotatable bonds is 6. The van der Waals surface area contributed by atoms with Gasteiger partial charge in [0.25, 0.3) is 0 Å². The lowest BCUT2D eigenvalue weighted by atomic mass is 10.2. The Morgan fingerprint density at radius 1 is 1.53 bits per heavy atom. The number of hydrogen-bond donors (Lipinski definition) is 1. The largest absolute Gasteiger partial charge is 0.314 e. The highest BCUT2D eigenvalue weighted by Gasteiger charge is 2.20. The van der Waals surface area contributed by atoms with E-state index in [-0.39, 0.29) is 0 Å². The summed E-state index contributed by atoms with van der Waals surface area (Å²) in [5, 5.41) is 12.7. The lowest BCUT2D eigenvalue weighted by Crippen LogP contribution is -2.24. The molecule has 15 heavy (non-hydrogen) atoms. The molecule has 0 spiro atoms. The minimum atomic E-state index is 0.708. The summed E-state index contributed by atoms with van der Waals surface area (Å²) in [4.78, 5) is 0. The van der Waals surface area contributed by atoms with Gasteiger partial charge in [-0.15, -0.1) is 10.2 Å². The van der Waals surface area contributed by atoms with Gasteiger partial charge in [-0.2, -0.15) is 0 Å². The Morgan fingerprint density at radius 3 is 2.93 bits per heavy atom. The summed E-state index contributed by atoms with van der Waals surface area (Å²) in [6.45, 7) is 5.42. The van der Waals surface area contributed by atoms with Crippen molar-refractivity contribution >= 4 is 23.1 Å². The summed E-state index contributed by atoms with van der Waals surface area (Å²) >= 11 is 3.51. The van der Waals surface area contributed by atoms with Crippen LogP contribution in [0.15, 0.2) is 4.34 Å². The van der Waals surface area contributed by atoms with Crippen molar-refractivity contribution < 1.29 is 0 Å². The molecule has 5 heteroatoms. The van der Waals surface area contributed by atoms with Crippen LogP contribution in [-0.2, 0) is 0 Å². The molecule has 1 aliphatic rings. The molecular formula is C10H17N3S2. The first-order chi connectivity index (χ1) is 7.24. The van der Waals surface area contributed by atoms with Crippen LogP contribution < -0.4 is 5.32 Å². The third-order valence-corrected chi connectivity index (χ3v) is 4.63. The van der Waals surface area contributed by atoms with E-state index in [4.69, 9.17) is 0 Å². The molecule has 1 fully saturated rings. The highest BCUT2D eigenvalue weighted by atomic mass is 32.2. The molecular weight excluding hydrogens is 226 g/mol. The Morgan fingerprint density at radius 2 is 2.33 bits per heavy atom. The van der Waals surface area contributed by atoms with Crippen LogP contribution in [0.5, 0.6) is 0 Å². The normalized spacial score (nSPS) is 18.0. The third-order valence-electron chi connectivity index (χ3n) is 2.33. The van der Waals surface area contributed by atoms with E-state index in [1.807, 2.05) is 18.7 Å². The zero-order valence-electron chi connectivity index (χ0n) is 9.19. The first kappa shape index (κ1) is 11.4. The standard InChI is InChI=1S/C10H17N3S2/c1-7(5-11-9-3-4-9)6-14-10-13-12-8(2)15-10/h7,9,11H,3-6H2,1-2H3. The Bertz CT molecular complexity index is 309. The van der Waals surface area contributed by atoms with Gasteiger partial charge >= 0.3 is 0 Å². The molecule has 1 unspecified atom stereocenters. The molecule has 1 atom stereocenters. The molecule has 0 bridgehead atoms. The molecule has 1 aromatic heterocycles. The Labute approximate surface area is 99.1 Å². The molecule has 1 heterocycles. The van der Waals surface area contributed by atoms with E-state index in [2.05, 4.69) is 22.4 Å². The van der Waals surface area contributed by atoms with Gasteiger partial charge in [-0.05, 0) is 32.2 Å². The van der Waals surface area contributed by atoms with Gasteiger partial charge in [0.2, 0.25) is 0 Å². The van der Waals surface area contributed by atoms with Crippen LogP contribution in [0, 0.1) is 12.8 Å². The number of thioether (sulfide) groups is 1. The summed E-state index contributed by atoms with van der Waals surface area (Å²) in [5.41, 5.74) is 0. The molecule has 0 aromatic carbocycles. The summed E-state index contributed by atoms with van der Waals surface area (Å²) in [6, 6.07) is 0.821. The number of nitrogens with zero attached hydrogens (tertiary/aromatic N) is 2. The van der Waals surface area contributed by atoms with Gasteiger partial charge < -0.3 is 5.32 Å². The minimum Gasteiger partial charge on any atom is -0.314 e. The van der Waals surface area contributed by atoms with Gasteiger partial charge in [0.05, 0.1) is 0 Å². The number of hydrogen-bond acceptors (Lipinski definition) is 5. The van der Waals surface area contributed by atoms with E-state index < -0.39 is 0 Å². The second-order valence-electron chi connectivity index (χ2n) is 4.19. The fourth-order valence-corrected chi connectivity index (χ4v) is 3.13.